The highest BCUT2D eigenvalue weighted by Gasteiger charge is 2.35. The van der Waals surface area contributed by atoms with E-state index in [4.69, 9.17) is 23.2 Å². The maximum Gasteiger partial charge on any atom is 0.264 e. The van der Waals surface area contributed by atoms with Crippen molar-refractivity contribution in [1.82, 2.24) is 10.2 Å². The second-order valence-corrected chi connectivity index (χ2v) is 12.7. The molecular weight excluding hydrogens is 605 g/mol. The molecule has 0 saturated heterocycles. The molecule has 0 aliphatic carbocycles. The Bertz CT molecular complexity index is 1670. The fraction of sp³-hybridized carbons (Fsp3) is 0.212. The van der Waals surface area contributed by atoms with Crippen LogP contribution >= 0.6 is 23.2 Å². The molecule has 0 fully saturated rings. The largest absolute Gasteiger partial charge is 0.355 e. The van der Waals surface area contributed by atoms with Crippen LogP contribution in [0.2, 0.25) is 10.0 Å². The maximum atomic E-state index is 14.4. The van der Waals surface area contributed by atoms with Gasteiger partial charge >= 0.3 is 0 Å². The van der Waals surface area contributed by atoms with E-state index in [-0.39, 0.29) is 34.5 Å². The highest BCUT2D eigenvalue weighted by atomic mass is 35.5. The van der Waals surface area contributed by atoms with E-state index in [0.29, 0.717) is 11.6 Å². The Morgan fingerprint density at radius 3 is 2.12 bits per heavy atom. The van der Waals surface area contributed by atoms with Crippen LogP contribution in [-0.2, 0) is 32.6 Å². The Labute approximate surface area is 263 Å². The van der Waals surface area contributed by atoms with Gasteiger partial charge in [-0.2, -0.15) is 0 Å². The Morgan fingerprint density at radius 2 is 1.49 bits per heavy atom. The molecule has 4 aromatic rings. The zero-order valence-electron chi connectivity index (χ0n) is 23.9. The van der Waals surface area contributed by atoms with Gasteiger partial charge in [-0.1, -0.05) is 96.0 Å². The van der Waals surface area contributed by atoms with Crippen molar-refractivity contribution in [3.8, 4) is 0 Å². The lowest BCUT2D eigenvalue weighted by atomic mass is 10.0. The van der Waals surface area contributed by atoms with E-state index in [1.807, 2.05) is 68.4 Å². The molecule has 0 radical (unpaired) electrons. The first-order valence-corrected chi connectivity index (χ1v) is 16.0. The van der Waals surface area contributed by atoms with Crippen LogP contribution in [0.5, 0.6) is 0 Å². The number of sulfonamides is 1. The van der Waals surface area contributed by atoms with Crippen LogP contribution < -0.4 is 9.62 Å². The number of halogens is 2. The van der Waals surface area contributed by atoms with Gasteiger partial charge in [0.1, 0.15) is 12.6 Å². The van der Waals surface area contributed by atoms with Crippen LogP contribution in [0.3, 0.4) is 0 Å². The highest BCUT2D eigenvalue weighted by Crippen LogP contribution is 2.33. The summed E-state index contributed by atoms with van der Waals surface area (Å²) < 4.78 is 29.0. The average molecular weight is 639 g/mol. The Kier molecular flexibility index (Phi) is 10.9. The van der Waals surface area contributed by atoms with Gasteiger partial charge in [0.25, 0.3) is 10.0 Å². The van der Waals surface area contributed by atoms with Gasteiger partial charge in [0.15, 0.2) is 0 Å². The Balaban J connectivity index is 1.82. The van der Waals surface area contributed by atoms with Crippen LogP contribution in [0.4, 0.5) is 5.69 Å². The monoisotopic (exact) mass is 637 g/mol. The molecule has 0 bridgehead atoms. The van der Waals surface area contributed by atoms with E-state index in [1.165, 1.54) is 35.2 Å². The number of nitrogens with one attached hydrogen (secondary N) is 1. The summed E-state index contributed by atoms with van der Waals surface area (Å²) in [5.74, 6) is -0.906. The first kappa shape index (κ1) is 32.1. The number of hydrogen-bond donors (Lipinski definition) is 1. The lowest BCUT2D eigenvalue weighted by Gasteiger charge is -2.34. The zero-order chi connectivity index (χ0) is 31.0. The van der Waals surface area contributed by atoms with Gasteiger partial charge in [-0.3, -0.25) is 13.9 Å². The van der Waals surface area contributed by atoms with Gasteiger partial charge in [0, 0.05) is 24.5 Å². The molecule has 4 rings (SSSR count). The molecule has 0 aliphatic rings. The van der Waals surface area contributed by atoms with Gasteiger partial charge in [0.2, 0.25) is 11.8 Å². The van der Waals surface area contributed by atoms with E-state index in [2.05, 4.69) is 5.32 Å². The molecule has 1 atom stereocenters. The number of carbonyl (C=O) groups is 2. The average Bonchev–Trinajstić information content (AvgIpc) is 3.00. The minimum Gasteiger partial charge on any atom is -0.355 e. The number of amides is 2. The summed E-state index contributed by atoms with van der Waals surface area (Å²) in [5, 5.41) is 3.24. The molecule has 4 aromatic carbocycles. The number of carbonyl (C=O) groups excluding carboxylic acids is 2. The molecule has 0 aromatic heterocycles. The molecule has 7 nitrogen and oxygen atoms in total. The molecule has 43 heavy (non-hydrogen) atoms. The van der Waals surface area contributed by atoms with Gasteiger partial charge in [-0.05, 0) is 60.9 Å². The molecule has 2 amide bonds. The molecule has 0 aliphatic heterocycles. The van der Waals surface area contributed by atoms with E-state index in [0.717, 1.165) is 21.0 Å². The number of rotatable bonds is 12. The molecule has 0 spiro atoms. The van der Waals surface area contributed by atoms with Crippen molar-refractivity contribution < 1.29 is 18.0 Å². The van der Waals surface area contributed by atoms with Crippen LogP contribution in [0.1, 0.15) is 23.6 Å². The molecule has 224 valence electrons. The number of benzene rings is 4. The van der Waals surface area contributed by atoms with Crippen LogP contribution in [0.25, 0.3) is 0 Å². The van der Waals surface area contributed by atoms with E-state index >= 15 is 0 Å². The summed E-state index contributed by atoms with van der Waals surface area (Å²) in [6, 6.07) is 28.3. The molecule has 0 heterocycles. The maximum absolute atomic E-state index is 14.4. The molecule has 1 N–H and O–H groups in total. The molecular formula is C33H33Cl2N3O4S. The van der Waals surface area contributed by atoms with Crippen molar-refractivity contribution >= 4 is 50.7 Å². The minimum absolute atomic E-state index is 0.0103. The number of anilines is 1. The van der Waals surface area contributed by atoms with Crippen molar-refractivity contribution in [1.29, 1.82) is 0 Å². The Morgan fingerprint density at radius 1 is 0.860 bits per heavy atom. The van der Waals surface area contributed by atoms with Crippen molar-refractivity contribution in [2.75, 3.05) is 17.4 Å². The number of aryl methyl sites for hydroxylation is 1. The summed E-state index contributed by atoms with van der Waals surface area (Å²) in [4.78, 5) is 29.4. The first-order chi connectivity index (χ1) is 20.6. The molecule has 1 unspecified atom stereocenters. The first-order valence-electron chi connectivity index (χ1n) is 13.8. The number of hydrogen-bond acceptors (Lipinski definition) is 4. The van der Waals surface area contributed by atoms with Crippen LogP contribution in [-0.4, -0.2) is 44.3 Å². The minimum atomic E-state index is -4.26. The summed E-state index contributed by atoms with van der Waals surface area (Å²) in [7, 11) is -4.26. The standard InChI is InChI=1S/C33H33Cl2N3O4S/c1-3-36-33(40)31(20-25-13-6-4-7-14-25)37(22-26-15-11-10-12-24(26)2)32(39)23-38(30-19-18-27(34)21-29(30)35)43(41,42)28-16-8-5-9-17-28/h4-19,21,31H,3,20,22-23H2,1-2H3,(H,36,40). The SMILES string of the molecule is CCNC(=O)C(Cc1ccccc1)N(Cc1ccccc1C)C(=O)CN(c1ccc(Cl)cc1Cl)S(=O)(=O)c1ccccc1. The number of likely N-dealkylation sites (N-methyl/N-ethyl adjacent to an activating group) is 1. The van der Waals surface area contributed by atoms with Crippen molar-refractivity contribution in [3.05, 3.63) is 130 Å². The quantitative estimate of drug-likeness (QED) is 0.198. The van der Waals surface area contributed by atoms with E-state index in [9.17, 15) is 18.0 Å². The summed E-state index contributed by atoms with van der Waals surface area (Å²) in [6.07, 6.45) is 0.234. The van der Waals surface area contributed by atoms with Gasteiger partial charge < -0.3 is 10.2 Å². The lowest BCUT2D eigenvalue weighted by molar-refractivity contribution is -0.140. The van der Waals surface area contributed by atoms with E-state index in [1.54, 1.807) is 18.2 Å². The second-order valence-electron chi connectivity index (χ2n) is 9.97. The summed E-state index contributed by atoms with van der Waals surface area (Å²) in [5.41, 5.74) is 2.72. The fourth-order valence-electron chi connectivity index (χ4n) is 4.73. The van der Waals surface area contributed by atoms with Crippen molar-refractivity contribution in [3.63, 3.8) is 0 Å². The topological polar surface area (TPSA) is 86.8 Å². The van der Waals surface area contributed by atoms with E-state index < -0.39 is 28.5 Å². The third kappa shape index (κ3) is 7.96. The smallest absolute Gasteiger partial charge is 0.264 e. The second kappa shape index (κ2) is 14.6. The third-order valence-corrected chi connectivity index (χ3v) is 9.32. The van der Waals surface area contributed by atoms with Gasteiger partial charge in [-0.15, -0.1) is 0 Å². The van der Waals surface area contributed by atoms with Gasteiger partial charge in [-0.25, -0.2) is 8.42 Å². The third-order valence-electron chi connectivity index (χ3n) is 7.01. The predicted molar refractivity (Wildman–Crippen MR) is 172 cm³/mol. The Hall–Kier alpha value is -3.85. The van der Waals surface area contributed by atoms with Gasteiger partial charge in [0.05, 0.1) is 15.6 Å². The fourth-order valence-corrected chi connectivity index (χ4v) is 6.75. The highest BCUT2D eigenvalue weighted by molar-refractivity contribution is 7.92. The number of nitrogens with zero attached hydrogens (tertiary/aromatic N) is 2. The lowest BCUT2D eigenvalue weighted by Crippen LogP contribution is -2.53. The van der Waals surface area contributed by atoms with Crippen LogP contribution in [0, 0.1) is 6.92 Å². The predicted octanol–water partition coefficient (Wildman–Crippen LogP) is 6.27. The molecule has 0 saturated carbocycles. The van der Waals surface area contributed by atoms with Crippen molar-refractivity contribution in [2.45, 2.75) is 37.8 Å². The van der Waals surface area contributed by atoms with Crippen molar-refractivity contribution in [2.24, 2.45) is 0 Å². The summed E-state index contributed by atoms with van der Waals surface area (Å²) >= 11 is 12.6. The normalized spacial score (nSPS) is 11.9. The summed E-state index contributed by atoms with van der Waals surface area (Å²) in [6.45, 7) is 3.59. The molecule has 10 heteroatoms. The zero-order valence-corrected chi connectivity index (χ0v) is 26.2. The van der Waals surface area contributed by atoms with Crippen LogP contribution in [0.15, 0.2) is 108 Å².